The van der Waals surface area contributed by atoms with E-state index in [4.69, 9.17) is 0 Å². The standard InChI is InChI=1S/C13H19NO3S/c1-18(16,17)12-4-2-3-11(9-12)10-13(15)5-7-14-8-6-13/h2-4,9,14-15H,5-8,10H2,1H3. The Balaban J connectivity index is 2.19. The van der Waals surface area contributed by atoms with E-state index in [1.165, 1.54) is 6.26 Å². The first-order valence-corrected chi connectivity index (χ1v) is 8.00. The van der Waals surface area contributed by atoms with Crippen molar-refractivity contribution in [2.24, 2.45) is 0 Å². The molecule has 1 aromatic carbocycles. The van der Waals surface area contributed by atoms with Gasteiger partial charge >= 0.3 is 0 Å². The molecule has 2 rings (SSSR count). The molecule has 0 aromatic heterocycles. The van der Waals surface area contributed by atoms with E-state index in [-0.39, 0.29) is 0 Å². The van der Waals surface area contributed by atoms with Gasteiger partial charge in [0, 0.05) is 12.7 Å². The molecule has 0 atom stereocenters. The number of hydrogen-bond acceptors (Lipinski definition) is 4. The molecule has 100 valence electrons. The highest BCUT2D eigenvalue weighted by molar-refractivity contribution is 7.90. The molecule has 4 nitrogen and oxygen atoms in total. The minimum atomic E-state index is -3.18. The molecule has 5 heteroatoms. The van der Waals surface area contributed by atoms with Gasteiger partial charge in [0.25, 0.3) is 0 Å². The van der Waals surface area contributed by atoms with Crippen molar-refractivity contribution in [1.29, 1.82) is 0 Å². The minimum Gasteiger partial charge on any atom is -0.389 e. The molecule has 1 saturated heterocycles. The summed E-state index contributed by atoms with van der Waals surface area (Å²) in [7, 11) is -3.18. The summed E-state index contributed by atoms with van der Waals surface area (Å²) in [5.41, 5.74) is 0.170. The Bertz CT molecular complexity index is 519. The fourth-order valence-corrected chi connectivity index (χ4v) is 3.03. The van der Waals surface area contributed by atoms with Crippen molar-refractivity contribution in [3.8, 4) is 0 Å². The van der Waals surface area contributed by atoms with Gasteiger partial charge in [0.2, 0.25) is 0 Å². The second-order valence-electron chi connectivity index (χ2n) is 5.07. The van der Waals surface area contributed by atoms with Gasteiger partial charge in [-0.05, 0) is 43.6 Å². The molecular weight excluding hydrogens is 250 g/mol. The number of nitrogens with one attached hydrogen (secondary N) is 1. The van der Waals surface area contributed by atoms with Crippen LogP contribution >= 0.6 is 0 Å². The number of sulfone groups is 1. The molecule has 0 amide bonds. The van der Waals surface area contributed by atoms with E-state index >= 15 is 0 Å². The summed E-state index contributed by atoms with van der Waals surface area (Å²) in [4.78, 5) is 0.317. The zero-order chi connectivity index (χ0) is 13.2. The number of aliphatic hydroxyl groups is 1. The summed E-state index contributed by atoms with van der Waals surface area (Å²) in [6, 6.07) is 6.85. The molecule has 0 saturated carbocycles. The van der Waals surface area contributed by atoms with Crippen LogP contribution in [0, 0.1) is 0 Å². The maximum atomic E-state index is 11.5. The summed E-state index contributed by atoms with van der Waals surface area (Å²) in [5.74, 6) is 0. The van der Waals surface area contributed by atoms with Gasteiger partial charge in [-0.25, -0.2) is 8.42 Å². The van der Waals surface area contributed by atoms with Crippen LogP contribution in [0.5, 0.6) is 0 Å². The van der Waals surface area contributed by atoms with Crippen molar-refractivity contribution in [2.75, 3.05) is 19.3 Å². The zero-order valence-electron chi connectivity index (χ0n) is 10.5. The van der Waals surface area contributed by atoms with Crippen LogP contribution in [0.2, 0.25) is 0 Å². The Kier molecular flexibility index (Phi) is 3.75. The van der Waals surface area contributed by atoms with Crippen molar-refractivity contribution < 1.29 is 13.5 Å². The quantitative estimate of drug-likeness (QED) is 0.849. The summed E-state index contributed by atoms with van der Waals surface area (Å²) >= 11 is 0. The molecule has 0 spiro atoms. The summed E-state index contributed by atoms with van der Waals surface area (Å²) in [5, 5.41) is 13.6. The second-order valence-corrected chi connectivity index (χ2v) is 7.09. The lowest BCUT2D eigenvalue weighted by Gasteiger charge is -2.32. The van der Waals surface area contributed by atoms with Gasteiger partial charge < -0.3 is 10.4 Å². The Morgan fingerprint density at radius 2 is 2.00 bits per heavy atom. The molecule has 0 radical (unpaired) electrons. The molecule has 0 bridgehead atoms. The van der Waals surface area contributed by atoms with Crippen molar-refractivity contribution in [3.63, 3.8) is 0 Å². The molecule has 18 heavy (non-hydrogen) atoms. The normalized spacial score (nSPS) is 19.7. The number of hydrogen-bond donors (Lipinski definition) is 2. The minimum absolute atomic E-state index is 0.317. The van der Waals surface area contributed by atoms with Crippen molar-refractivity contribution in [3.05, 3.63) is 29.8 Å². The van der Waals surface area contributed by atoms with Crippen molar-refractivity contribution in [1.82, 2.24) is 5.32 Å². The van der Waals surface area contributed by atoms with Gasteiger partial charge in [-0.3, -0.25) is 0 Å². The monoisotopic (exact) mass is 269 g/mol. The first-order valence-electron chi connectivity index (χ1n) is 6.11. The SMILES string of the molecule is CS(=O)(=O)c1cccc(CC2(O)CCNCC2)c1. The van der Waals surface area contributed by atoms with Gasteiger partial charge in [0.1, 0.15) is 0 Å². The predicted molar refractivity (Wildman–Crippen MR) is 70.3 cm³/mol. The highest BCUT2D eigenvalue weighted by Crippen LogP contribution is 2.24. The molecule has 1 heterocycles. The van der Waals surface area contributed by atoms with E-state index in [2.05, 4.69) is 5.32 Å². The highest BCUT2D eigenvalue weighted by Gasteiger charge is 2.29. The molecule has 2 N–H and O–H groups in total. The molecular formula is C13H19NO3S. The summed E-state index contributed by atoms with van der Waals surface area (Å²) in [6.45, 7) is 1.62. The largest absolute Gasteiger partial charge is 0.389 e. The van der Waals surface area contributed by atoms with Crippen molar-refractivity contribution >= 4 is 9.84 Å². The third-order valence-corrected chi connectivity index (χ3v) is 4.50. The van der Waals surface area contributed by atoms with E-state index in [0.29, 0.717) is 24.2 Å². The second kappa shape index (κ2) is 4.99. The average Bonchev–Trinajstić information content (AvgIpc) is 2.28. The molecule has 1 aliphatic rings. The molecule has 0 unspecified atom stereocenters. The number of benzene rings is 1. The van der Waals surface area contributed by atoms with Gasteiger partial charge in [-0.15, -0.1) is 0 Å². The lowest BCUT2D eigenvalue weighted by molar-refractivity contribution is 0.0108. The maximum Gasteiger partial charge on any atom is 0.175 e. The fourth-order valence-electron chi connectivity index (χ4n) is 2.33. The topological polar surface area (TPSA) is 66.4 Å². The molecule has 0 aliphatic carbocycles. The van der Waals surface area contributed by atoms with Crippen LogP contribution in [0.4, 0.5) is 0 Å². The van der Waals surface area contributed by atoms with Crippen LogP contribution in [0.3, 0.4) is 0 Å². The van der Waals surface area contributed by atoms with E-state index in [1.807, 2.05) is 6.07 Å². The molecule has 1 fully saturated rings. The van der Waals surface area contributed by atoms with Crippen LogP contribution in [-0.4, -0.2) is 38.5 Å². The van der Waals surface area contributed by atoms with E-state index in [0.717, 1.165) is 18.7 Å². The van der Waals surface area contributed by atoms with Crippen LogP contribution in [0.15, 0.2) is 29.2 Å². The third kappa shape index (κ3) is 3.31. The first kappa shape index (κ1) is 13.5. The highest BCUT2D eigenvalue weighted by atomic mass is 32.2. The summed E-state index contributed by atoms with van der Waals surface area (Å²) in [6.07, 6.45) is 3.12. The Morgan fingerprint density at radius 1 is 1.33 bits per heavy atom. The Hall–Kier alpha value is -0.910. The van der Waals surface area contributed by atoms with Gasteiger partial charge in [-0.2, -0.15) is 0 Å². The smallest absolute Gasteiger partial charge is 0.175 e. The predicted octanol–water partition coefficient (Wildman–Crippen LogP) is 0.747. The van der Waals surface area contributed by atoms with E-state index in [1.54, 1.807) is 18.2 Å². The third-order valence-electron chi connectivity index (χ3n) is 3.39. The van der Waals surface area contributed by atoms with Crippen LogP contribution < -0.4 is 5.32 Å². The van der Waals surface area contributed by atoms with E-state index < -0.39 is 15.4 Å². The lowest BCUT2D eigenvalue weighted by Crippen LogP contribution is -2.43. The molecule has 1 aliphatic heterocycles. The average molecular weight is 269 g/mol. The van der Waals surface area contributed by atoms with Gasteiger partial charge in [0.15, 0.2) is 9.84 Å². The lowest BCUT2D eigenvalue weighted by atomic mass is 9.86. The van der Waals surface area contributed by atoms with Crippen LogP contribution in [0.25, 0.3) is 0 Å². The summed E-state index contributed by atoms with van der Waals surface area (Å²) < 4.78 is 23.0. The zero-order valence-corrected chi connectivity index (χ0v) is 11.3. The van der Waals surface area contributed by atoms with Crippen molar-refractivity contribution in [2.45, 2.75) is 29.8 Å². The number of piperidine rings is 1. The fraction of sp³-hybridized carbons (Fsp3) is 0.538. The van der Waals surface area contributed by atoms with Gasteiger partial charge in [-0.1, -0.05) is 12.1 Å². The number of rotatable bonds is 3. The van der Waals surface area contributed by atoms with E-state index in [9.17, 15) is 13.5 Å². The van der Waals surface area contributed by atoms with Gasteiger partial charge in [0.05, 0.1) is 10.5 Å². The first-order chi connectivity index (χ1) is 8.39. The Labute approximate surface area is 108 Å². The Morgan fingerprint density at radius 3 is 2.61 bits per heavy atom. The van der Waals surface area contributed by atoms with Crippen LogP contribution in [-0.2, 0) is 16.3 Å². The molecule has 1 aromatic rings. The maximum absolute atomic E-state index is 11.5. The van der Waals surface area contributed by atoms with Crippen LogP contribution in [0.1, 0.15) is 18.4 Å².